The number of aromatic nitrogens is 2. The number of halogens is 1. The third kappa shape index (κ3) is 1.68. The Morgan fingerprint density at radius 3 is 2.69 bits per heavy atom. The van der Waals surface area contributed by atoms with Crippen LogP contribution in [-0.2, 0) is 11.8 Å². The van der Waals surface area contributed by atoms with Gasteiger partial charge >= 0.3 is 5.97 Å². The van der Waals surface area contributed by atoms with Gasteiger partial charge in [-0.05, 0) is 13.8 Å². The van der Waals surface area contributed by atoms with E-state index in [0.29, 0.717) is 5.69 Å². The molecule has 0 atom stereocenters. The van der Waals surface area contributed by atoms with Gasteiger partial charge in [0.2, 0.25) is 5.95 Å². The van der Waals surface area contributed by atoms with Gasteiger partial charge in [0.05, 0.1) is 12.3 Å². The Morgan fingerprint density at radius 2 is 2.31 bits per heavy atom. The van der Waals surface area contributed by atoms with Crippen molar-refractivity contribution in [2.75, 3.05) is 6.61 Å². The highest BCUT2D eigenvalue weighted by Gasteiger charge is 2.20. The predicted octanol–water partition coefficient (Wildman–Crippen LogP) is 1.04. The Labute approximate surface area is 75.3 Å². The number of nitrogens with zero attached hydrogens (tertiary/aromatic N) is 2. The molecule has 0 aliphatic rings. The largest absolute Gasteiger partial charge is 0.462 e. The fourth-order valence-electron chi connectivity index (χ4n) is 1.07. The van der Waals surface area contributed by atoms with Crippen LogP contribution in [0, 0.1) is 12.9 Å². The second kappa shape index (κ2) is 3.55. The molecular formula is C8H11FN2O2. The molecule has 0 aliphatic heterocycles. The van der Waals surface area contributed by atoms with Crippen molar-refractivity contribution in [2.45, 2.75) is 13.8 Å². The van der Waals surface area contributed by atoms with Gasteiger partial charge in [-0.1, -0.05) is 0 Å². The summed E-state index contributed by atoms with van der Waals surface area (Å²) in [5.74, 6) is -1.32. The van der Waals surface area contributed by atoms with Crippen molar-refractivity contribution in [1.82, 2.24) is 9.78 Å². The van der Waals surface area contributed by atoms with Crippen molar-refractivity contribution in [3.05, 3.63) is 17.2 Å². The molecule has 0 unspecified atom stereocenters. The van der Waals surface area contributed by atoms with Crippen LogP contribution in [0.3, 0.4) is 0 Å². The molecule has 5 heteroatoms. The smallest absolute Gasteiger partial charge is 0.344 e. The van der Waals surface area contributed by atoms with Gasteiger partial charge in [-0.25, -0.2) is 9.48 Å². The van der Waals surface area contributed by atoms with E-state index in [9.17, 15) is 9.18 Å². The Morgan fingerprint density at radius 1 is 1.69 bits per heavy atom. The lowest BCUT2D eigenvalue weighted by Gasteiger charge is -1.98. The molecule has 1 aromatic heterocycles. The number of ether oxygens (including phenoxy) is 1. The first-order valence-electron chi connectivity index (χ1n) is 3.94. The molecule has 0 saturated carbocycles. The average Bonchev–Trinajstić information content (AvgIpc) is 2.27. The molecule has 0 bridgehead atoms. The van der Waals surface area contributed by atoms with Crippen LogP contribution >= 0.6 is 0 Å². The van der Waals surface area contributed by atoms with Gasteiger partial charge in [0.25, 0.3) is 0 Å². The van der Waals surface area contributed by atoms with E-state index in [4.69, 9.17) is 0 Å². The molecular weight excluding hydrogens is 175 g/mol. The summed E-state index contributed by atoms with van der Waals surface area (Å²) in [6.45, 7) is 3.46. The number of hydrogen-bond donors (Lipinski definition) is 0. The molecule has 4 nitrogen and oxygen atoms in total. The maximum atomic E-state index is 13.2. The van der Waals surface area contributed by atoms with Crippen LogP contribution in [0.2, 0.25) is 0 Å². The normalized spacial score (nSPS) is 10.2. The average molecular weight is 186 g/mol. The van der Waals surface area contributed by atoms with Crippen molar-refractivity contribution < 1.29 is 13.9 Å². The first-order chi connectivity index (χ1) is 6.07. The number of aryl methyl sites for hydroxylation is 2. The Kier molecular flexibility index (Phi) is 2.65. The highest BCUT2D eigenvalue weighted by Crippen LogP contribution is 2.12. The molecule has 0 amide bonds. The molecule has 0 aromatic carbocycles. The first kappa shape index (κ1) is 9.70. The molecule has 13 heavy (non-hydrogen) atoms. The van der Waals surface area contributed by atoms with Crippen LogP contribution in [-0.4, -0.2) is 22.4 Å². The Balaban J connectivity index is 3.06. The van der Waals surface area contributed by atoms with Crippen molar-refractivity contribution in [3.63, 3.8) is 0 Å². The van der Waals surface area contributed by atoms with Crippen molar-refractivity contribution in [1.29, 1.82) is 0 Å². The minimum Gasteiger partial charge on any atom is -0.462 e. The summed E-state index contributed by atoms with van der Waals surface area (Å²) in [6, 6.07) is 0. The Bertz CT molecular complexity index is 333. The molecule has 1 rings (SSSR count). The van der Waals surface area contributed by atoms with Crippen LogP contribution < -0.4 is 0 Å². The molecule has 72 valence electrons. The van der Waals surface area contributed by atoms with Crippen LogP contribution in [0.15, 0.2) is 0 Å². The van der Waals surface area contributed by atoms with Crippen LogP contribution in [0.1, 0.15) is 23.0 Å². The summed E-state index contributed by atoms with van der Waals surface area (Å²) in [6.07, 6.45) is 0. The highest BCUT2D eigenvalue weighted by molar-refractivity contribution is 5.90. The van der Waals surface area contributed by atoms with E-state index in [1.807, 2.05) is 0 Å². The third-order valence-corrected chi connectivity index (χ3v) is 1.63. The van der Waals surface area contributed by atoms with Gasteiger partial charge in [-0.15, -0.1) is 0 Å². The minimum atomic E-state index is -0.661. The van der Waals surface area contributed by atoms with E-state index in [1.54, 1.807) is 13.8 Å². The van der Waals surface area contributed by atoms with Gasteiger partial charge in [0.15, 0.2) is 0 Å². The van der Waals surface area contributed by atoms with Crippen LogP contribution in [0.5, 0.6) is 0 Å². The number of carbonyl (C=O) groups excluding carboxylic acids is 1. The first-order valence-corrected chi connectivity index (χ1v) is 3.94. The zero-order valence-corrected chi connectivity index (χ0v) is 7.80. The van der Waals surface area contributed by atoms with E-state index < -0.39 is 11.9 Å². The van der Waals surface area contributed by atoms with E-state index in [1.165, 1.54) is 7.05 Å². The maximum absolute atomic E-state index is 13.2. The quantitative estimate of drug-likeness (QED) is 0.648. The van der Waals surface area contributed by atoms with E-state index in [-0.39, 0.29) is 12.2 Å². The molecule has 0 fully saturated rings. The zero-order chi connectivity index (χ0) is 10.0. The summed E-state index contributed by atoms with van der Waals surface area (Å²) < 4.78 is 18.9. The summed E-state index contributed by atoms with van der Waals surface area (Å²) in [5, 5.41) is 3.75. The fraction of sp³-hybridized carbons (Fsp3) is 0.500. The SMILES string of the molecule is CCOC(=O)c1c(C)nn(C)c1F. The van der Waals surface area contributed by atoms with E-state index >= 15 is 0 Å². The standard InChI is InChI=1S/C8H11FN2O2/c1-4-13-8(12)6-5(2)10-11(3)7(6)9/h4H2,1-3H3. The molecule has 0 aliphatic carbocycles. The molecule has 1 heterocycles. The monoisotopic (exact) mass is 186 g/mol. The number of hydrogen-bond acceptors (Lipinski definition) is 3. The summed E-state index contributed by atoms with van der Waals surface area (Å²) in [5.41, 5.74) is 0.266. The van der Waals surface area contributed by atoms with Gasteiger partial charge in [0, 0.05) is 7.05 Å². The maximum Gasteiger partial charge on any atom is 0.344 e. The summed E-state index contributed by atoms with van der Waals surface area (Å²) in [4.78, 5) is 11.2. The molecule has 0 saturated heterocycles. The molecule has 0 N–H and O–H groups in total. The lowest BCUT2D eigenvalue weighted by Crippen LogP contribution is -2.08. The van der Waals surface area contributed by atoms with E-state index in [2.05, 4.69) is 9.84 Å². The second-order valence-corrected chi connectivity index (χ2v) is 2.60. The second-order valence-electron chi connectivity index (χ2n) is 2.60. The van der Waals surface area contributed by atoms with Crippen LogP contribution in [0.25, 0.3) is 0 Å². The number of carbonyl (C=O) groups is 1. The summed E-state index contributed by atoms with van der Waals surface area (Å²) >= 11 is 0. The van der Waals surface area contributed by atoms with Gasteiger partial charge < -0.3 is 4.74 Å². The van der Waals surface area contributed by atoms with Gasteiger partial charge in [-0.3, -0.25) is 0 Å². The third-order valence-electron chi connectivity index (χ3n) is 1.63. The number of rotatable bonds is 2. The van der Waals surface area contributed by atoms with Crippen LogP contribution in [0.4, 0.5) is 4.39 Å². The van der Waals surface area contributed by atoms with Crippen molar-refractivity contribution >= 4 is 5.97 Å². The highest BCUT2D eigenvalue weighted by atomic mass is 19.1. The predicted molar refractivity (Wildman–Crippen MR) is 43.9 cm³/mol. The van der Waals surface area contributed by atoms with Gasteiger partial charge in [0.1, 0.15) is 5.56 Å². The lowest BCUT2D eigenvalue weighted by atomic mass is 10.2. The van der Waals surface area contributed by atoms with Crippen molar-refractivity contribution in [3.8, 4) is 0 Å². The topological polar surface area (TPSA) is 44.1 Å². The lowest BCUT2D eigenvalue weighted by molar-refractivity contribution is 0.0519. The molecule has 0 radical (unpaired) electrons. The zero-order valence-electron chi connectivity index (χ0n) is 7.80. The fourth-order valence-corrected chi connectivity index (χ4v) is 1.07. The minimum absolute atomic E-state index is 0.0793. The van der Waals surface area contributed by atoms with Gasteiger partial charge in [-0.2, -0.15) is 9.49 Å². The van der Waals surface area contributed by atoms with Crippen molar-refractivity contribution in [2.24, 2.45) is 7.05 Å². The Hall–Kier alpha value is -1.39. The number of esters is 1. The van der Waals surface area contributed by atoms with E-state index in [0.717, 1.165) is 4.68 Å². The molecule has 0 spiro atoms. The molecule has 1 aromatic rings. The summed E-state index contributed by atoms with van der Waals surface area (Å²) in [7, 11) is 1.44.